The molecular formula is C20H36O2. The van der Waals surface area contributed by atoms with E-state index in [0.717, 1.165) is 18.3 Å². The van der Waals surface area contributed by atoms with Crippen molar-refractivity contribution in [3.8, 4) is 0 Å². The smallest absolute Gasteiger partial charge is 0.0603 e. The van der Waals surface area contributed by atoms with Crippen LogP contribution in [-0.2, 0) is 9.47 Å². The summed E-state index contributed by atoms with van der Waals surface area (Å²) in [7, 11) is 0. The van der Waals surface area contributed by atoms with Crippen LogP contribution in [0.2, 0.25) is 0 Å². The van der Waals surface area contributed by atoms with Crippen LogP contribution in [0, 0.1) is 11.8 Å². The average molecular weight is 309 g/mol. The fourth-order valence-corrected chi connectivity index (χ4v) is 4.62. The Morgan fingerprint density at radius 1 is 0.500 bits per heavy atom. The van der Waals surface area contributed by atoms with Gasteiger partial charge in [0.1, 0.15) is 0 Å². The minimum Gasteiger partial charge on any atom is -0.375 e. The van der Waals surface area contributed by atoms with Gasteiger partial charge in [-0.25, -0.2) is 0 Å². The van der Waals surface area contributed by atoms with Gasteiger partial charge >= 0.3 is 0 Å². The molecule has 3 fully saturated rings. The molecule has 3 aliphatic carbocycles. The topological polar surface area (TPSA) is 18.5 Å². The summed E-state index contributed by atoms with van der Waals surface area (Å²) in [5.74, 6) is 1.83. The van der Waals surface area contributed by atoms with Gasteiger partial charge in [-0.3, -0.25) is 0 Å². The highest BCUT2D eigenvalue weighted by Gasteiger charge is 2.29. The van der Waals surface area contributed by atoms with Gasteiger partial charge in [-0.2, -0.15) is 0 Å². The average Bonchev–Trinajstić information content (AvgIpc) is 2.52. The summed E-state index contributed by atoms with van der Waals surface area (Å²) < 4.78 is 12.9. The van der Waals surface area contributed by atoms with Gasteiger partial charge in [0.2, 0.25) is 0 Å². The molecular weight excluding hydrogens is 272 g/mol. The van der Waals surface area contributed by atoms with Gasteiger partial charge in [-0.1, -0.05) is 13.8 Å². The van der Waals surface area contributed by atoms with E-state index in [-0.39, 0.29) is 0 Å². The fraction of sp³-hybridized carbons (Fsp3) is 1.00. The third-order valence-corrected chi connectivity index (χ3v) is 6.27. The van der Waals surface area contributed by atoms with E-state index in [1.165, 1.54) is 70.6 Å². The van der Waals surface area contributed by atoms with Crippen molar-refractivity contribution in [1.29, 1.82) is 0 Å². The van der Waals surface area contributed by atoms with E-state index in [0.29, 0.717) is 24.4 Å². The van der Waals surface area contributed by atoms with E-state index in [9.17, 15) is 0 Å². The lowest BCUT2D eigenvalue weighted by Crippen LogP contribution is -2.35. The Kier molecular flexibility index (Phi) is 6.21. The van der Waals surface area contributed by atoms with Crippen molar-refractivity contribution in [3.63, 3.8) is 0 Å². The monoisotopic (exact) mass is 308 g/mol. The van der Waals surface area contributed by atoms with Crippen molar-refractivity contribution in [3.05, 3.63) is 0 Å². The molecule has 0 radical (unpaired) electrons. The lowest BCUT2D eigenvalue weighted by Gasteiger charge is -2.36. The van der Waals surface area contributed by atoms with Crippen LogP contribution in [0.1, 0.15) is 90.9 Å². The molecule has 128 valence electrons. The van der Waals surface area contributed by atoms with Crippen LogP contribution in [0.3, 0.4) is 0 Å². The molecule has 2 nitrogen and oxygen atoms in total. The standard InChI is InChI=1S/C20H36O2/c1-15-6-10-17(11-7-15)21-19-4-3-5-20(14-19)22-18-12-8-16(2)9-13-18/h15-20H,3-14H2,1-2H3. The zero-order valence-electron chi connectivity index (χ0n) is 14.8. The molecule has 0 spiro atoms. The zero-order chi connectivity index (χ0) is 15.4. The minimum absolute atomic E-state index is 0.472. The normalized spacial score (nSPS) is 43.9. The van der Waals surface area contributed by atoms with Crippen LogP contribution in [0.15, 0.2) is 0 Å². The summed E-state index contributed by atoms with van der Waals surface area (Å²) in [6.45, 7) is 4.76. The first kappa shape index (κ1) is 16.8. The van der Waals surface area contributed by atoms with E-state index in [1.54, 1.807) is 0 Å². The van der Waals surface area contributed by atoms with Crippen molar-refractivity contribution in [2.24, 2.45) is 11.8 Å². The van der Waals surface area contributed by atoms with Crippen molar-refractivity contribution in [2.45, 2.75) is 115 Å². The number of ether oxygens (including phenoxy) is 2. The molecule has 0 amide bonds. The second-order valence-corrected chi connectivity index (χ2v) is 8.45. The molecule has 0 aromatic rings. The minimum atomic E-state index is 0.472. The van der Waals surface area contributed by atoms with Gasteiger partial charge < -0.3 is 9.47 Å². The molecule has 0 aromatic heterocycles. The van der Waals surface area contributed by atoms with E-state index >= 15 is 0 Å². The van der Waals surface area contributed by atoms with E-state index < -0.39 is 0 Å². The predicted molar refractivity (Wildman–Crippen MR) is 91.1 cm³/mol. The van der Waals surface area contributed by atoms with Gasteiger partial charge in [-0.05, 0) is 88.9 Å². The lowest BCUT2D eigenvalue weighted by atomic mass is 9.87. The Morgan fingerprint density at radius 2 is 0.909 bits per heavy atom. The Labute approximate surface area is 137 Å². The first-order valence-electron chi connectivity index (χ1n) is 10.00. The maximum atomic E-state index is 6.44. The third-order valence-electron chi connectivity index (χ3n) is 6.27. The summed E-state index contributed by atoms with van der Waals surface area (Å²) in [6.07, 6.45) is 17.5. The molecule has 2 heteroatoms. The molecule has 0 aromatic carbocycles. The summed E-state index contributed by atoms with van der Waals surface area (Å²) in [4.78, 5) is 0. The van der Waals surface area contributed by atoms with Crippen LogP contribution in [-0.4, -0.2) is 24.4 Å². The van der Waals surface area contributed by atoms with Crippen LogP contribution in [0.5, 0.6) is 0 Å². The van der Waals surface area contributed by atoms with E-state index in [4.69, 9.17) is 9.47 Å². The molecule has 0 bridgehead atoms. The largest absolute Gasteiger partial charge is 0.375 e. The number of hydrogen-bond donors (Lipinski definition) is 0. The quantitative estimate of drug-likeness (QED) is 0.684. The Balaban J connectivity index is 1.39. The fourth-order valence-electron chi connectivity index (χ4n) is 4.62. The second-order valence-electron chi connectivity index (χ2n) is 8.45. The van der Waals surface area contributed by atoms with E-state index in [1.807, 2.05) is 0 Å². The van der Waals surface area contributed by atoms with Gasteiger partial charge in [0.15, 0.2) is 0 Å². The molecule has 3 saturated carbocycles. The molecule has 3 aliphatic rings. The molecule has 22 heavy (non-hydrogen) atoms. The Morgan fingerprint density at radius 3 is 1.32 bits per heavy atom. The van der Waals surface area contributed by atoms with Crippen LogP contribution >= 0.6 is 0 Å². The first-order valence-corrected chi connectivity index (χ1v) is 10.00. The summed E-state index contributed by atoms with van der Waals surface area (Å²) in [5.41, 5.74) is 0. The highest BCUT2D eigenvalue weighted by Crippen LogP contribution is 2.33. The summed E-state index contributed by atoms with van der Waals surface area (Å²) >= 11 is 0. The lowest BCUT2D eigenvalue weighted by molar-refractivity contribution is -0.107. The SMILES string of the molecule is CC1CCC(OC2CCCC(OC3CCC(C)CC3)C2)CC1. The van der Waals surface area contributed by atoms with Crippen LogP contribution in [0.25, 0.3) is 0 Å². The van der Waals surface area contributed by atoms with Crippen molar-refractivity contribution >= 4 is 0 Å². The van der Waals surface area contributed by atoms with Crippen molar-refractivity contribution in [2.75, 3.05) is 0 Å². The predicted octanol–water partition coefficient (Wildman–Crippen LogP) is 5.49. The molecule has 3 rings (SSSR count). The molecule has 0 aliphatic heterocycles. The second kappa shape index (κ2) is 8.15. The molecule has 0 N–H and O–H groups in total. The molecule has 2 atom stereocenters. The highest BCUT2D eigenvalue weighted by atomic mass is 16.5. The van der Waals surface area contributed by atoms with Crippen molar-refractivity contribution < 1.29 is 9.47 Å². The summed E-state index contributed by atoms with van der Waals surface area (Å²) in [6, 6.07) is 0. The maximum absolute atomic E-state index is 6.44. The number of hydrogen-bond acceptors (Lipinski definition) is 2. The molecule has 0 saturated heterocycles. The highest BCUT2D eigenvalue weighted by molar-refractivity contribution is 4.79. The van der Waals surface area contributed by atoms with Crippen molar-refractivity contribution in [1.82, 2.24) is 0 Å². The number of rotatable bonds is 4. The summed E-state index contributed by atoms with van der Waals surface area (Å²) in [5, 5.41) is 0. The Bertz CT molecular complexity index is 284. The first-order chi connectivity index (χ1) is 10.7. The van der Waals surface area contributed by atoms with Gasteiger partial charge in [-0.15, -0.1) is 0 Å². The zero-order valence-corrected chi connectivity index (χ0v) is 14.8. The molecule has 0 heterocycles. The van der Waals surface area contributed by atoms with Gasteiger partial charge in [0, 0.05) is 0 Å². The van der Waals surface area contributed by atoms with Gasteiger partial charge in [0.25, 0.3) is 0 Å². The Hall–Kier alpha value is -0.0800. The third kappa shape index (κ3) is 4.96. The maximum Gasteiger partial charge on any atom is 0.0603 e. The molecule has 2 unspecified atom stereocenters. The van der Waals surface area contributed by atoms with E-state index in [2.05, 4.69) is 13.8 Å². The van der Waals surface area contributed by atoms with Crippen LogP contribution < -0.4 is 0 Å². The van der Waals surface area contributed by atoms with Gasteiger partial charge in [0.05, 0.1) is 24.4 Å². The van der Waals surface area contributed by atoms with Crippen LogP contribution in [0.4, 0.5) is 0 Å².